The highest BCUT2D eigenvalue weighted by atomic mass is 16.6. The molecule has 2 heterocycles. The molecule has 0 aliphatic carbocycles. The lowest BCUT2D eigenvalue weighted by Crippen LogP contribution is -2.38. The molecule has 0 atom stereocenters. The molecule has 1 saturated heterocycles. The molecule has 0 radical (unpaired) electrons. The lowest BCUT2D eigenvalue weighted by molar-refractivity contribution is -0.383. The van der Waals surface area contributed by atoms with Crippen molar-refractivity contribution in [1.29, 1.82) is 0 Å². The summed E-state index contributed by atoms with van der Waals surface area (Å²) in [6, 6.07) is 0. The normalized spacial score (nSPS) is 17.2. The van der Waals surface area contributed by atoms with Gasteiger partial charge in [0.2, 0.25) is 11.6 Å². The van der Waals surface area contributed by atoms with Crippen molar-refractivity contribution < 1.29 is 4.92 Å². The summed E-state index contributed by atoms with van der Waals surface area (Å²) in [5.41, 5.74) is 5.69. The van der Waals surface area contributed by atoms with Gasteiger partial charge in [0.1, 0.15) is 6.33 Å². The van der Waals surface area contributed by atoms with Crippen molar-refractivity contribution >= 4 is 17.3 Å². The zero-order valence-corrected chi connectivity index (χ0v) is 12.2. The molecular weight excluding hydrogens is 258 g/mol. The van der Waals surface area contributed by atoms with Gasteiger partial charge in [-0.3, -0.25) is 10.1 Å². The summed E-state index contributed by atoms with van der Waals surface area (Å²) in [7, 11) is 0. The van der Waals surface area contributed by atoms with E-state index in [9.17, 15) is 10.1 Å². The van der Waals surface area contributed by atoms with Crippen LogP contribution in [0.5, 0.6) is 0 Å². The van der Waals surface area contributed by atoms with Gasteiger partial charge >= 0.3 is 5.69 Å². The maximum atomic E-state index is 11.1. The fourth-order valence-corrected chi connectivity index (χ4v) is 2.75. The molecule has 20 heavy (non-hydrogen) atoms. The first-order valence-corrected chi connectivity index (χ1v) is 6.80. The average molecular weight is 279 g/mol. The second-order valence-electron chi connectivity index (χ2n) is 6.32. The van der Waals surface area contributed by atoms with E-state index >= 15 is 0 Å². The molecule has 110 valence electrons. The fraction of sp³-hybridized carbons (Fsp3) is 0.692. The molecule has 0 spiro atoms. The van der Waals surface area contributed by atoms with Gasteiger partial charge in [-0.05, 0) is 24.2 Å². The molecular formula is C13H21N5O2. The van der Waals surface area contributed by atoms with E-state index < -0.39 is 4.92 Å². The van der Waals surface area contributed by atoms with Crippen molar-refractivity contribution in [1.82, 2.24) is 9.97 Å². The highest BCUT2D eigenvalue weighted by Gasteiger charge is 2.32. The molecule has 0 saturated carbocycles. The lowest BCUT2D eigenvalue weighted by atomic mass is 9.75. The van der Waals surface area contributed by atoms with E-state index in [0.29, 0.717) is 11.7 Å². The van der Waals surface area contributed by atoms with Crippen LogP contribution in [-0.4, -0.2) is 28.0 Å². The fourth-order valence-electron chi connectivity index (χ4n) is 2.75. The number of hydrogen-bond acceptors (Lipinski definition) is 6. The van der Waals surface area contributed by atoms with E-state index in [1.54, 1.807) is 0 Å². The average Bonchev–Trinajstić information content (AvgIpc) is 2.37. The van der Waals surface area contributed by atoms with Gasteiger partial charge in [0.05, 0.1) is 4.92 Å². The largest absolute Gasteiger partial charge is 0.378 e. The predicted octanol–water partition coefficient (Wildman–Crippen LogP) is 2.23. The van der Waals surface area contributed by atoms with Gasteiger partial charge in [0.15, 0.2) is 0 Å². The van der Waals surface area contributed by atoms with Crippen LogP contribution in [-0.2, 0) is 0 Å². The number of nitrogens with two attached hydrogens (primary N) is 1. The van der Waals surface area contributed by atoms with Gasteiger partial charge in [-0.1, -0.05) is 20.8 Å². The number of hydrogen-bond donors (Lipinski definition) is 1. The number of aromatic nitrogens is 2. The molecule has 1 fully saturated rings. The van der Waals surface area contributed by atoms with Crippen LogP contribution in [0.1, 0.15) is 33.6 Å². The van der Waals surface area contributed by atoms with E-state index in [-0.39, 0.29) is 16.9 Å². The van der Waals surface area contributed by atoms with Gasteiger partial charge < -0.3 is 10.6 Å². The summed E-state index contributed by atoms with van der Waals surface area (Å²) in [4.78, 5) is 20.3. The van der Waals surface area contributed by atoms with Crippen molar-refractivity contribution in [2.24, 2.45) is 11.3 Å². The van der Waals surface area contributed by atoms with Crippen molar-refractivity contribution in [2.75, 3.05) is 23.7 Å². The molecule has 1 aromatic heterocycles. The van der Waals surface area contributed by atoms with Gasteiger partial charge in [0.25, 0.3) is 0 Å². The minimum Gasteiger partial charge on any atom is -0.378 e. The van der Waals surface area contributed by atoms with Crippen LogP contribution in [0.3, 0.4) is 0 Å². The van der Waals surface area contributed by atoms with Crippen LogP contribution in [0.4, 0.5) is 17.3 Å². The Labute approximate surface area is 118 Å². The Morgan fingerprint density at radius 3 is 2.45 bits per heavy atom. The summed E-state index contributed by atoms with van der Waals surface area (Å²) < 4.78 is 0. The summed E-state index contributed by atoms with van der Waals surface area (Å²) >= 11 is 0. The second kappa shape index (κ2) is 5.22. The van der Waals surface area contributed by atoms with E-state index in [4.69, 9.17) is 5.73 Å². The van der Waals surface area contributed by atoms with Crippen molar-refractivity contribution in [3.8, 4) is 0 Å². The molecule has 2 N–H and O–H groups in total. The number of piperidine rings is 1. The van der Waals surface area contributed by atoms with E-state index in [2.05, 4.69) is 30.7 Å². The van der Waals surface area contributed by atoms with Crippen LogP contribution in [0.15, 0.2) is 6.33 Å². The van der Waals surface area contributed by atoms with Gasteiger partial charge in [-0.15, -0.1) is 0 Å². The van der Waals surface area contributed by atoms with Crippen molar-refractivity contribution in [2.45, 2.75) is 33.6 Å². The van der Waals surface area contributed by atoms with Crippen molar-refractivity contribution in [3.05, 3.63) is 16.4 Å². The molecule has 7 heteroatoms. The Balaban J connectivity index is 2.19. The standard InChI is InChI=1S/C13H21N5O2/c1-13(2,3)9-4-6-17(7-5-9)12-10(18(19)20)11(14)15-8-16-12/h8-9H,4-7H2,1-3H3,(H2,14,15,16). The molecule has 1 aromatic rings. The number of nitrogen functional groups attached to an aromatic ring is 1. The third kappa shape index (κ3) is 2.81. The Morgan fingerprint density at radius 2 is 1.95 bits per heavy atom. The predicted molar refractivity (Wildman–Crippen MR) is 77.5 cm³/mol. The first kappa shape index (κ1) is 14.5. The van der Waals surface area contributed by atoms with Crippen molar-refractivity contribution in [3.63, 3.8) is 0 Å². The maximum Gasteiger partial charge on any atom is 0.353 e. The molecule has 2 rings (SSSR count). The minimum absolute atomic E-state index is 0.0713. The molecule has 0 aromatic carbocycles. The van der Waals surface area contributed by atoms with E-state index in [1.807, 2.05) is 4.90 Å². The number of rotatable bonds is 2. The Hall–Kier alpha value is -1.92. The lowest BCUT2D eigenvalue weighted by Gasteiger charge is -2.38. The molecule has 0 bridgehead atoms. The van der Waals surface area contributed by atoms with Crippen LogP contribution >= 0.6 is 0 Å². The Kier molecular flexibility index (Phi) is 3.78. The Morgan fingerprint density at radius 1 is 1.35 bits per heavy atom. The molecule has 1 aliphatic rings. The summed E-state index contributed by atoms with van der Waals surface area (Å²) in [6.07, 6.45) is 3.29. The third-order valence-electron chi connectivity index (χ3n) is 4.03. The van der Waals surface area contributed by atoms with E-state index in [1.165, 1.54) is 6.33 Å². The number of nitrogens with zero attached hydrogens (tertiary/aromatic N) is 4. The highest BCUT2D eigenvalue weighted by Crippen LogP contribution is 2.37. The smallest absolute Gasteiger partial charge is 0.353 e. The zero-order chi connectivity index (χ0) is 14.9. The minimum atomic E-state index is -0.499. The van der Waals surface area contributed by atoms with Crippen LogP contribution in [0.2, 0.25) is 0 Å². The third-order valence-corrected chi connectivity index (χ3v) is 4.03. The monoisotopic (exact) mass is 279 g/mol. The summed E-state index contributed by atoms with van der Waals surface area (Å²) in [5.74, 6) is 0.893. The summed E-state index contributed by atoms with van der Waals surface area (Å²) in [5, 5.41) is 11.1. The quantitative estimate of drug-likeness (QED) is 0.658. The summed E-state index contributed by atoms with van der Waals surface area (Å²) in [6.45, 7) is 8.23. The van der Waals surface area contributed by atoms with Gasteiger partial charge in [-0.2, -0.15) is 0 Å². The van der Waals surface area contributed by atoms with Crippen LogP contribution in [0.25, 0.3) is 0 Å². The maximum absolute atomic E-state index is 11.1. The molecule has 0 unspecified atom stereocenters. The van der Waals surface area contributed by atoms with Crippen LogP contribution in [0, 0.1) is 21.4 Å². The first-order chi connectivity index (χ1) is 9.30. The highest BCUT2D eigenvalue weighted by molar-refractivity contribution is 5.68. The first-order valence-electron chi connectivity index (χ1n) is 6.80. The Bertz CT molecular complexity index is 504. The number of anilines is 2. The zero-order valence-electron chi connectivity index (χ0n) is 12.2. The van der Waals surface area contributed by atoms with Crippen LogP contribution < -0.4 is 10.6 Å². The van der Waals surface area contributed by atoms with Gasteiger partial charge in [0, 0.05) is 13.1 Å². The second-order valence-corrected chi connectivity index (χ2v) is 6.32. The topological polar surface area (TPSA) is 98.2 Å². The molecule has 0 amide bonds. The molecule has 7 nitrogen and oxygen atoms in total. The van der Waals surface area contributed by atoms with Gasteiger partial charge in [-0.25, -0.2) is 9.97 Å². The SMILES string of the molecule is CC(C)(C)C1CCN(c2ncnc(N)c2[N+](=O)[O-])CC1. The van der Waals surface area contributed by atoms with E-state index in [0.717, 1.165) is 25.9 Å². The number of nitro groups is 1. The molecule has 1 aliphatic heterocycles.